The Balaban J connectivity index is 2.30. The molecule has 0 radical (unpaired) electrons. The Hall–Kier alpha value is -1.06. The van der Waals surface area contributed by atoms with E-state index in [1.165, 1.54) is 29.5 Å². The van der Waals surface area contributed by atoms with Gasteiger partial charge in [-0.15, -0.1) is 0 Å². The van der Waals surface area contributed by atoms with Gasteiger partial charge in [0.1, 0.15) is 5.75 Å². The summed E-state index contributed by atoms with van der Waals surface area (Å²) < 4.78 is 5.67. The van der Waals surface area contributed by atoms with Crippen molar-refractivity contribution in [3.63, 3.8) is 0 Å². The van der Waals surface area contributed by atoms with E-state index in [1.54, 1.807) is 0 Å². The highest BCUT2D eigenvalue weighted by Gasteiger charge is 2.25. The van der Waals surface area contributed by atoms with Crippen LogP contribution in [0, 0.1) is 13.8 Å². The van der Waals surface area contributed by atoms with Gasteiger partial charge in [0.25, 0.3) is 0 Å². The summed E-state index contributed by atoms with van der Waals surface area (Å²) in [5.41, 5.74) is 3.88. The highest BCUT2D eigenvalue weighted by molar-refractivity contribution is 5.45. The number of hydrogen-bond donors (Lipinski definition) is 1. The molecule has 112 valence electrons. The lowest BCUT2D eigenvalue weighted by Gasteiger charge is -2.29. The molecular weight excluding hydrogens is 250 g/mol. The van der Waals surface area contributed by atoms with Gasteiger partial charge in [-0.3, -0.25) is 4.90 Å². The van der Waals surface area contributed by atoms with Gasteiger partial charge in [-0.05, 0) is 75.9 Å². The molecule has 1 saturated heterocycles. The van der Waals surface area contributed by atoms with Crippen molar-refractivity contribution in [1.29, 1.82) is 0 Å². The number of benzene rings is 1. The first-order valence-electron chi connectivity index (χ1n) is 7.76. The van der Waals surface area contributed by atoms with E-state index >= 15 is 0 Å². The first kappa shape index (κ1) is 15.3. The van der Waals surface area contributed by atoms with Crippen LogP contribution in [-0.4, -0.2) is 36.3 Å². The maximum absolute atomic E-state index is 9.41. The Bertz CT molecular complexity index is 439. The van der Waals surface area contributed by atoms with Crippen LogP contribution in [-0.2, 0) is 0 Å². The van der Waals surface area contributed by atoms with E-state index < -0.39 is 0 Å². The normalized spacial score (nSPS) is 17.4. The molecule has 1 aromatic carbocycles. The summed E-state index contributed by atoms with van der Waals surface area (Å²) in [5.74, 6) is 0.984. The van der Waals surface area contributed by atoms with E-state index in [0.717, 1.165) is 25.3 Å². The fraction of sp³-hybridized carbons (Fsp3) is 0.647. The summed E-state index contributed by atoms with van der Waals surface area (Å²) in [6, 6.07) is 4.62. The predicted octanol–water partition coefficient (Wildman–Crippen LogP) is 3.22. The number of aliphatic hydroxyl groups is 1. The van der Waals surface area contributed by atoms with Crippen LogP contribution in [0.1, 0.15) is 48.9 Å². The van der Waals surface area contributed by atoms with Gasteiger partial charge >= 0.3 is 0 Å². The van der Waals surface area contributed by atoms with Crippen molar-refractivity contribution >= 4 is 0 Å². The maximum atomic E-state index is 9.41. The van der Waals surface area contributed by atoms with Crippen LogP contribution in [0.3, 0.4) is 0 Å². The van der Waals surface area contributed by atoms with Crippen molar-refractivity contribution in [3.05, 3.63) is 28.8 Å². The van der Waals surface area contributed by atoms with Gasteiger partial charge in [-0.1, -0.05) is 6.07 Å². The van der Waals surface area contributed by atoms with Crippen LogP contribution in [0.4, 0.5) is 0 Å². The van der Waals surface area contributed by atoms with Crippen molar-refractivity contribution in [3.8, 4) is 5.75 Å². The summed E-state index contributed by atoms with van der Waals surface area (Å²) in [6.07, 6.45) is 3.36. The second-order valence-corrected chi connectivity index (χ2v) is 5.61. The highest BCUT2D eigenvalue weighted by Crippen LogP contribution is 2.34. The molecule has 0 bridgehead atoms. The number of ether oxygens (including phenoxy) is 1. The van der Waals surface area contributed by atoms with Crippen molar-refractivity contribution in [1.82, 2.24) is 4.90 Å². The molecule has 3 heteroatoms. The molecular formula is C17H27NO2. The topological polar surface area (TPSA) is 32.7 Å². The monoisotopic (exact) mass is 277 g/mol. The zero-order valence-electron chi connectivity index (χ0n) is 13.0. The van der Waals surface area contributed by atoms with Gasteiger partial charge in [0, 0.05) is 12.6 Å². The van der Waals surface area contributed by atoms with E-state index in [4.69, 9.17) is 4.74 Å². The third kappa shape index (κ3) is 3.15. The molecule has 1 aliphatic rings. The predicted molar refractivity (Wildman–Crippen MR) is 82.3 cm³/mol. The number of nitrogens with zero attached hydrogens (tertiary/aromatic N) is 1. The molecule has 0 spiro atoms. The van der Waals surface area contributed by atoms with E-state index in [9.17, 15) is 5.11 Å². The van der Waals surface area contributed by atoms with Gasteiger partial charge < -0.3 is 9.84 Å². The van der Waals surface area contributed by atoms with Crippen LogP contribution in [0.2, 0.25) is 0 Å². The molecule has 0 aromatic heterocycles. The standard InChI is InChI=1S/C17H27NO2/c1-4-20-17-8-7-15(13(2)14(17)3)16(9-12-19)18-10-5-6-11-18/h7-8,16,19H,4-6,9-12H2,1-3H3. The van der Waals surface area contributed by atoms with Crippen LogP contribution in [0.5, 0.6) is 5.75 Å². The first-order valence-corrected chi connectivity index (χ1v) is 7.76. The molecule has 1 fully saturated rings. The summed E-state index contributed by atoms with van der Waals surface area (Å²) in [6.45, 7) is 9.56. The molecule has 0 saturated carbocycles. The lowest BCUT2D eigenvalue weighted by Crippen LogP contribution is -2.27. The van der Waals surface area contributed by atoms with E-state index in [1.807, 2.05) is 6.92 Å². The number of likely N-dealkylation sites (tertiary alicyclic amines) is 1. The van der Waals surface area contributed by atoms with Crippen LogP contribution < -0.4 is 4.74 Å². The van der Waals surface area contributed by atoms with Gasteiger partial charge in [0.05, 0.1) is 6.61 Å². The van der Waals surface area contributed by atoms with Crippen LogP contribution >= 0.6 is 0 Å². The fourth-order valence-corrected chi connectivity index (χ4v) is 3.20. The minimum Gasteiger partial charge on any atom is -0.494 e. The average Bonchev–Trinajstić information content (AvgIpc) is 2.96. The smallest absolute Gasteiger partial charge is 0.122 e. The summed E-state index contributed by atoms with van der Waals surface area (Å²) in [5, 5.41) is 9.41. The third-order valence-corrected chi connectivity index (χ3v) is 4.42. The second-order valence-electron chi connectivity index (χ2n) is 5.61. The number of hydrogen-bond acceptors (Lipinski definition) is 3. The minimum atomic E-state index is 0.243. The molecule has 1 atom stereocenters. The van der Waals surface area contributed by atoms with Crippen LogP contribution in [0.25, 0.3) is 0 Å². The quantitative estimate of drug-likeness (QED) is 0.866. The van der Waals surface area contributed by atoms with Gasteiger partial charge in [-0.25, -0.2) is 0 Å². The zero-order chi connectivity index (χ0) is 14.5. The summed E-state index contributed by atoms with van der Waals surface area (Å²) in [4.78, 5) is 2.51. The van der Waals surface area contributed by atoms with Gasteiger partial charge in [-0.2, -0.15) is 0 Å². The lowest BCUT2D eigenvalue weighted by atomic mass is 9.94. The Labute approximate surface area is 122 Å². The number of rotatable bonds is 6. The molecule has 1 heterocycles. The van der Waals surface area contributed by atoms with Crippen molar-refractivity contribution in [2.75, 3.05) is 26.3 Å². The minimum absolute atomic E-state index is 0.243. The lowest BCUT2D eigenvalue weighted by molar-refractivity contribution is 0.184. The summed E-state index contributed by atoms with van der Waals surface area (Å²) in [7, 11) is 0. The zero-order valence-corrected chi connectivity index (χ0v) is 13.0. The number of aliphatic hydroxyl groups excluding tert-OH is 1. The van der Waals surface area contributed by atoms with E-state index in [0.29, 0.717) is 12.6 Å². The highest BCUT2D eigenvalue weighted by atomic mass is 16.5. The van der Waals surface area contributed by atoms with E-state index in [2.05, 4.69) is 30.9 Å². The van der Waals surface area contributed by atoms with E-state index in [-0.39, 0.29) is 6.61 Å². The molecule has 2 rings (SSSR count). The van der Waals surface area contributed by atoms with Crippen molar-refractivity contribution < 1.29 is 9.84 Å². The molecule has 20 heavy (non-hydrogen) atoms. The van der Waals surface area contributed by atoms with Crippen LogP contribution in [0.15, 0.2) is 12.1 Å². The SMILES string of the molecule is CCOc1ccc(C(CCO)N2CCCC2)c(C)c1C. The Morgan fingerprint density at radius 1 is 1.20 bits per heavy atom. The molecule has 3 nitrogen and oxygen atoms in total. The maximum Gasteiger partial charge on any atom is 0.122 e. The van der Waals surface area contributed by atoms with Crippen molar-refractivity contribution in [2.45, 2.75) is 46.1 Å². The first-order chi connectivity index (χ1) is 9.69. The summed E-state index contributed by atoms with van der Waals surface area (Å²) >= 11 is 0. The average molecular weight is 277 g/mol. The molecule has 1 N–H and O–H groups in total. The molecule has 1 aliphatic heterocycles. The fourth-order valence-electron chi connectivity index (χ4n) is 3.20. The van der Waals surface area contributed by atoms with Crippen molar-refractivity contribution in [2.24, 2.45) is 0 Å². The van der Waals surface area contributed by atoms with Gasteiger partial charge in [0.2, 0.25) is 0 Å². The molecule has 0 amide bonds. The second kappa shape index (κ2) is 7.09. The van der Waals surface area contributed by atoms with Gasteiger partial charge in [0.15, 0.2) is 0 Å². The Kier molecular flexibility index (Phi) is 5.44. The Morgan fingerprint density at radius 2 is 1.90 bits per heavy atom. The molecule has 1 unspecified atom stereocenters. The largest absolute Gasteiger partial charge is 0.494 e. The third-order valence-electron chi connectivity index (χ3n) is 4.42. The Morgan fingerprint density at radius 3 is 2.50 bits per heavy atom. The molecule has 0 aliphatic carbocycles. The molecule has 1 aromatic rings.